The molecule has 2 aromatic heterocycles. The fraction of sp³-hybridized carbons (Fsp3) is 0.500. The lowest BCUT2D eigenvalue weighted by Gasteiger charge is -2.35. The summed E-state index contributed by atoms with van der Waals surface area (Å²) in [5, 5.41) is 10.3. The maximum atomic E-state index is 9.41. The highest BCUT2D eigenvalue weighted by atomic mass is 16.6. The zero-order chi connectivity index (χ0) is 21.0. The van der Waals surface area contributed by atoms with Gasteiger partial charge in [0.2, 0.25) is 0 Å². The molecule has 0 amide bonds. The molecule has 4 heterocycles. The van der Waals surface area contributed by atoms with Gasteiger partial charge in [0, 0.05) is 24.4 Å². The molecule has 3 fully saturated rings. The Morgan fingerprint density at radius 2 is 2.06 bits per heavy atom. The van der Waals surface area contributed by atoms with Gasteiger partial charge in [-0.2, -0.15) is 0 Å². The van der Waals surface area contributed by atoms with Crippen LogP contribution in [-0.2, 0) is 4.74 Å². The van der Waals surface area contributed by atoms with Crippen molar-refractivity contribution in [2.75, 3.05) is 18.9 Å². The molecule has 0 radical (unpaired) electrons. The summed E-state index contributed by atoms with van der Waals surface area (Å²) in [4.78, 5) is 8.78. The Labute approximate surface area is 181 Å². The Balaban J connectivity index is 1.31. The lowest BCUT2D eigenvalue weighted by Crippen LogP contribution is -2.32. The van der Waals surface area contributed by atoms with Crippen molar-refractivity contribution < 1.29 is 14.6 Å². The predicted octanol–water partition coefficient (Wildman–Crippen LogP) is 3.71. The third-order valence-corrected chi connectivity index (χ3v) is 7.41. The van der Waals surface area contributed by atoms with Gasteiger partial charge in [0.05, 0.1) is 11.5 Å². The molecule has 0 spiro atoms. The van der Waals surface area contributed by atoms with Gasteiger partial charge < -0.3 is 24.9 Å². The van der Waals surface area contributed by atoms with E-state index in [1.54, 1.807) is 0 Å². The SMILES string of the molecule is Nc1ncnc2c1c(-c1cccc(OCC34CCC(CC3)O4)c1)cn2[C@H]1C[C@H](CO)C1. The first-order valence-electron chi connectivity index (χ1n) is 11.3. The van der Waals surface area contributed by atoms with Gasteiger partial charge in [-0.25, -0.2) is 9.97 Å². The number of rotatable bonds is 6. The van der Waals surface area contributed by atoms with Gasteiger partial charge in [0.25, 0.3) is 0 Å². The molecule has 1 aromatic carbocycles. The van der Waals surface area contributed by atoms with Gasteiger partial charge >= 0.3 is 0 Å². The maximum absolute atomic E-state index is 9.41. The molecule has 2 bridgehead atoms. The second-order valence-electron chi connectivity index (χ2n) is 9.40. The van der Waals surface area contributed by atoms with Crippen molar-refractivity contribution in [2.24, 2.45) is 5.92 Å². The topological polar surface area (TPSA) is 95.4 Å². The smallest absolute Gasteiger partial charge is 0.146 e. The minimum atomic E-state index is -0.0948. The third kappa shape index (κ3) is 3.18. The molecule has 1 saturated carbocycles. The number of aliphatic hydroxyl groups excluding tert-OH is 1. The van der Waals surface area contributed by atoms with Crippen molar-refractivity contribution in [2.45, 2.75) is 56.3 Å². The van der Waals surface area contributed by atoms with Gasteiger partial charge in [-0.3, -0.25) is 0 Å². The van der Waals surface area contributed by atoms with Crippen molar-refractivity contribution in [1.82, 2.24) is 14.5 Å². The molecule has 6 rings (SSSR count). The number of ether oxygens (including phenoxy) is 2. The van der Waals surface area contributed by atoms with E-state index in [2.05, 4.69) is 32.9 Å². The lowest BCUT2D eigenvalue weighted by molar-refractivity contribution is -0.0198. The first-order chi connectivity index (χ1) is 15.1. The molecule has 2 saturated heterocycles. The number of nitrogens with zero attached hydrogens (tertiary/aromatic N) is 3. The largest absolute Gasteiger partial charge is 0.491 e. The van der Waals surface area contributed by atoms with Crippen LogP contribution in [0.1, 0.15) is 44.6 Å². The summed E-state index contributed by atoms with van der Waals surface area (Å²) in [5.74, 6) is 1.69. The maximum Gasteiger partial charge on any atom is 0.146 e. The molecule has 7 heteroatoms. The Morgan fingerprint density at radius 3 is 2.81 bits per heavy atom. The van der Waals surface area contributed by atoms with Crippen LogP contribution in [-0.4, -0.2) is 44.6 Å². The minimum absolute atomic E-state index is 0.0948. The average Bonchev–Trinajstić information content (AvgIpc) is 3.46. The Kier molecular flexibility index (Phi) is 4.43. The summed E-state index contributed by atoms with van der Waals surface area (Å²) in [6.45, 7) is 0.843. The number of nitrogen functional groups attached to an aromatic ring is 1. The summed E-state index contributed by atoms with van der Waals surface area (Å²) < 4.78 is 14.6. The summed E-state index contributed by atoms with van der Waals surface area (Å²) in [5.41, 5.74) is 9.10. The van der Waals surface area contributed by atoms with Crippen LogP contribution in [0.5, 0.6) is 5.75 Å². The molecule has 7 nitrogen and oxygen atoms in total. The normalized spacial score (nSPS) is 29.4. The number of aliphatic hydroxyl groups is 1. The van der Waals surface area contributed by atoms with E-state index in [1.165, 1.54) is 6.33 Å². The van der Waals surface area contributed by atoms with Gasteiger partial charge in [0.15, 0.2) is 0 Å². The summed E-state index contributed by atoms with van der Waals surface area (Å²) in [6.07, 6.45) is 10.5. The number of aromatic nitrogens is 3. The van der Waals surface area contributed by atoms with E-state index in [0.29, 0.717) is 30.5 Å². The number of fused-ring (bicyclic) bond motifs is 3. The van der Waals surface area contributed by atoms with Crippen LogP contribution >= 0.6 is 0 Å². The summed E-state index contributed by atoms with van der Waals surface area (Å²) in [6, 6.07) is 8.49. The van der Waals surface area contributed by atoms with E-state index in [4.69, 9.17) is 15.2 Å². The van der Waals surface area contributed by atoms with Crippen LogP contribution in [0, 0.1) is 5.92 Å². The molecular weight excluding hydrogens is 392 g/mol. The van der Waals surface area contributed by atoms with Crippen LogP contribution in [0.3, 0.4) is 0 Å². The van der Waals surface area contributed by atoms with E-state index in [1.807, 2.05) is 12.1 Å². The van der Waals surface area contributed by atoms with Crippen molar-refractivity contribution in [3.63, 3.8) is 0 Å². The predicted molar refractivity (Wildman–Crippen MR) is 118 cm³/mol. The fourth-order valence-corrected chi connectivity index (χ4v) is 5.54. The molecule has 3 N–H and O–H groups in total. The monoisotopic (exact) mass is 420 g/mol. The van der Waals surface area contributed by atoms with Gasteiger partial charge in [-0.05, 0) is 62.1 Å². The van der Waals surface area contributed by atoms with Crippen molar-refractivity contribution >= 4 is 16.9 Å². The zero-order valence-electron chi connectivity index (χ0n) is 17.5. The number of anilines is 1. The van der Waals surface area contributed by atoms with Crippen molar-refractivity contribution in [1.29, 1.82) is 0 Å². The number of hydrogen-bond acceptors (Lipinski definition) is 6. The highest BCUT2D eigenvalue weighted by molar-refractivity contribution is 6.00. The molecule has 31 heavy (non-hydrogen) atoms. The standard InChI is InChI=1S/C24H28N4O3/c25-22-21-20(11-28(23(21)27-14-26-22)17-8-15(9-17)12-29)16-2-1-3-19(10-16)30-13-24-6-4-18(31-24)5-7-24/h1-3,10-11,14-15,17-18,29H,4-9,12-13H2,(H2,25,26,27)/t15-,17-,18?,24?. The van der Waals surface area contributed by atoms with Crippen molar-refractivity contribution in [3.05, 3.63) is 36.8 Å². The molecule has 162 valence electrons. The second kappa shape index (κ2) is 7.21. The van der Waals surface area contributed by atoms with E-state index < -0.39 is 0 Å². The second-order valence-corrected chi connectivity index (χ2v) is 9.40. The molecule has 3 aliphatic rings. The van der Waals surface area contributed by atoms with E-state index in [9.17, 15) is 5.11 Å². The molecule has 2 aliphatic heterocycles. The van der Waals surface area contributed by atoms with Gasteiger partial charge in [-0.15, -0.1) is 0 Å². The minimum Gasteiger partial charge on any atom is -0.491 e. The van der Waals surface area contributed by atoms with Crippen molar-refractivity contribution in [3.8, 4) is 16.9 Å². The van der Waals surface area contributed by atoms with Crippen LogP contribution < -0.4 is 10.5 Å². The summed E-state index contributed by atoms with van der Waals surface area (Å²) in [7, 11) is 0. The number of nitrogens with two attached hydrogens (primary N) is 1. The first-order valence-corrected chi connectivity index (χ1v) is 11.3. The third-order valence-electron chi connectivity index (χ3n) is 7.41. The molecular formula is C24H28N4O3. The first kappa shape index (κ1) is 19.1. The molecule has 0 atom stereocenters. The quantitative estimate of drug-likeness (QED) is 0.631. The highest BCUT2D eigenvalue weighted by Crippen LogP contribution is 2.45. The Morgan fingerprint density at radius 1 is 1.23 bits per heavy atom. The Hall–Kier alpha value is -2.64. The van der Waals surface area contributed by atoms with Crippen LogP contribution in [0.2, 0.25) is 0 Å². The average molecular weight is 421 g/mol. The Bertz CT molecular complexity index is 1110. The zero-order valence-corrected chi connectivity index (χ0v) is 17.5. The van der Waals surface area contributed by atoms with Gasteiger partial charge in [0.1, 0.15) is 35.7 Å². The number of benzene rings is 1. The van der Waals surface area contributed by atoms with Crippen LogP contribution in [0.4, 0.5) is 5.82 Å². The lowest BCUT2D eigenvalue weighted by atomic mass is 9.81. The molecule has 3 aromatic rings. The van der Waals surface area contributed by atoms with E-state index in [-0.39, 0.29) is 12.2 Å². The van der Waals surface area contributed by atoms with Crippen LogP contribution in [0.15, 0.2) is 36.8 Å². The van der Waals surface area contributed by atoms with Gasteiger partial charge in [-0.1, -0.05) is 12.1 Å². The molecule has 1 aliphatic carbocycles. The van der Waals surface area contributed by atoms with Crippen LogP contribution in [0.25, 0.3) is 22.2 Å². The fourth-order valence-electron chi connectivity index (χ4n) is 5.54. The number of hydrogen-bond donors (Lipinski definition) is 2. The van der Waals surface area contributed by atoms with E-state index in [0.717, 1.165) is 66.4 Å². The van der Waals surface area contributed by atoms with E-state index >= 15 is 0 Å². The molecule has 0 unspecified atom stereocenters. The summed E-state index contributed by atoms with van der Waals surface area (Å²) >= 11 is 0. The highest BCUT2D eigenvalue weighted by Gasteiger charge is 2.46.